The van der Waals surface area contributed by atoms with E-state index in [2.05, 4.69) is 71.3 Å². The van der Waals surface area contributed by atoms with Gasteiger partial charge in [0, 0.05) is 30.7 Å². The van der Waals surface area contributed by atoms with Gasteiger partial charge in [0.05, 0.1) is 7.11 Å². The Kier molecular flexibility index (Phi) is 6.25. The van der Waals surface area contributed by atoms with Crippen molar-refractivity contribution in [1.82, 2.24) is 14.7 Å². The van der Waals surface area contributed by atoms with Crippen LogP contribution in [0.15, 0.2) is 54.6 Å². The van der Waals surface area contributed by atoms with Gasteiger partial charge in [-0.3, -0.25) is 14.7 Å². The highest BCUT2D eigenvalue weighted by molar-refractivity contribution is 5.28. The number of ether oxygens (including phenoxy) is 1. The standard InChI is InChI=1S/C28H39N3O2/c1-29(2)28(24-7-5-4-6-8-24)17-15-27(16-18-28)21-30(26(32)31(27)20-23-9-10-23)19-22-11-13-25(33-3)14-12-22/h4-8,11-14,23,26,32H,9-10,15-21H2,1-3H3. The number of methoxy groups -OCH3 is 1. The SMILES string of the molecule is COc1ccc(CN2CC3(CCC(c4ccccc4)(N(C)C)CC3)N(CC3CC3)C2O)cc1. The lowest BCUT2D eigenvalue weighted by Gasteiger charge is -2.51. The predicted molar refractivity (Wildman–Crippen MR) is 132 cm³/mol. The molecule has 178 valence electrons. The van der Waals surface area contributed by atoms with E-state index in [1.165, 1.54) is 24.0 Å². The molecular formula is C28H39N3O2. The Morgan fingerprint density at radius 3 is 2.21 bits per heavy atom. The van der Waals surface area contributed by atoms with Crippen LogP contribution in [0, 0.1) is 5.92 Å². The molecule has 5 nitrogen and oxygen atoms in total. The molecule has 2 aromatic carbocycles. The van der Waals surface area contributed by atoms with Gasteiger partial charge in [-0.25, -0.2) is 0 Å². The Labute approximate surface area is 198 Å². The van der Waals surface area contributed by atoms with E-state index in [-0.39, 0.29) is 11.1 Å². The van der Waals surface area contributed by atoms with Gasteiger partial charge in [-0.15, -0.1) is 0 Å². The molecule has 3 aliphatic rings. The molecule has 2 saturated carbocycles. The fourth-order valence-corrected chi connectivity index (χ4v) is 6.28. The quantitative estimate of drug-likeness (QED) is 0.684. The highest BCUT2D eigenvalue weighted by Gasteiger charge is 2.55. The van der Waals surface area contributed by atoms with E-state index in [1.807, 2.05) is 12.1 Å². The van der Waals surface area contributed by atoms with E-state index in [9.17, 15) is 5.11 Å². The van der Waals surface area contributed by atoms with Gasteiger partial charge in [0.15, 0.2) is 6.35 Å². The molecule has 2 aliphatic carbocycles. The molecule has 1 spiro atoms. The number of hydrogen-bond donors (Lipinski definition) is 1. The monoisotopic (exact) mass is 449 g/mol. The number of rotatable bonds is 7. The van der Waals surface area contributed by atoms with Crippen LogP contribution in [0.4, 0.5) is 0 Å². The van der Waals surface area contributed by atoms with Crippen molar-refractivity contribution in [2.24, 2.45) is 5.92 Å². The van der Waals surface area contributed by atoms with Crippen molar-refractivity contribution in [2.75, 3.05) is 34.3 Å². The molecule has 1 atom stereocenters. The van der Waals surface area contributed by atoms with Crippen molar-refractivity contribution in [2.45, 2.75) is 62.5 Å². The maximum Gasteiger partial charge on any atom is 0.166 e. The van der Waals surface area contributed by atoms with E-state index in [1.54, 1.807) is 7.11 Å². The molecule has 1 saturated heterocycles. The minimum atomic E-state index is -0.503. The number of hydrogen-bond acceptors (Lipinski definition) is 5. The van der Waals surface area contributed by atoms with Crippen LogP contribution in [0.1, 0.15) is 49.7 Å². The van der Waals surface area contributed by atoms with Crippen molar-refractivity contribution >= 4 is 0 Å². The molecular weight excluding hydrogens is 410 g/mol. The first kappa shape index (κ1) is 22.9. The largest absolute Gasteiger partial charge is 0.497 e. The van der Waals surface area contributed by atoms with Gasteiger partial charge in [0.2, 0.25) is 0 Å². The fraction of sp³-hybridized carbons (Fsp3) is 0.571. The third-order valence-corrected chi connectivity index (χ3v) is 8.58. The Bertz CT molecular complexity index is 918. The molecule has 0 bridgehead atoms. The number of benzene rings is 2. The summed E-state index contributed by atoms with van der Waals surface area (Å²) in [6, 6.07) is 19.3. The average Bonchev–Trinajstić information content (AvgIpc) is 3.63. The lowest BCUT2D eigenvalue weighted by atomic mass is 9.68. The van der Waals surface area contributed by atoms with E-state index >= 15 is 0 Å². The van der Waals surface area contributed by atoms with Gasteiger partial charge >= 0.3 is 0 Å². The summed E-state index contributed by atoms with van der Waals surface area (Å²) in [5.41, 5.74) is 2.78. The highest BCUT2D eigenvalue weighted by Crippen LogP contribution is 2.50. The second kappa shape index (κ2) is 9.03. The number of aliphatic hydroxyl groups excluding tert-OH is 1. The maximum atomic E-state index is 11.5. The molecule has 0 amide bonds. The van der Waals surface area contributed by atoms with Crippen LogP contribution in [0.25, 0.3) is 0 Å². The zero-order valence-corrected chi connectivity index (χ0v) is 20.4. The molecule has 0 aromatic heterocycles. The molecule has 1 heterocycles. The van der Waals surface area contributed by atoms with E-state index < -0.39 is 6.35 Å². The van der Waals surface area contributed by atoms with E-state index in [4.69, 9.17) is 4.74 Å². The van der Waals surface area contributed by atoms with Crippen LogP contribution in [0.3, 0.4) is 0 Å². The van der Waals surface area contributed by atoms with Crippen LogP contribution >= 0.6 is 0 Å². The minimum Gasteiger partial charge on any atom is -0.497 e. The fourth-order valence-electron chi connectivity index (χ4n) is 6.28. The van der Waals surface area contributed by atoms with Gasteiger partial charge in [-0.1, -0.05) is 42.5 Å². The predicted octanol–water partition coefficient (Wildman–Crippen LogP) is 4.27. The molecule has 1 unspecified atom stereocenters. The molecule has 1 N–H and O–H groups in total. The van der Waals surface area contributed by atoms with Gasteiger partial charge < -0.3 is 9.84 Å². The first-order valence-electron chi connectivity index (χ1n) is 12.5. The third-order valence-electron chi connectivity index (χ3n) is 8.58. The topological polar surface area (TPSA) is 39.2 Å². The van der Waals surface area contributed by atoms with E-state index in [0.29, 0.717) is 0 Å². The molecule has 5 rings (SSSR count). The Morgan fingerprint density at radius 2 is 1.64 bits per heavy atom. The van der Waals surface area contributed by atoms with Gasteiger partial charge in [-0.05, 0) is 81.8 Å². The van der Waals surface area contributed by atoms with Crippen molar-refractivity contribution < 1.29 is 9.84 Å². The molecule has 1 aliphatic heterocycles. The first-order valence-corrected chi connectivity index (χ1v) is 12.5. The summed E-state index contributed by atoms with van der Waals surface area (Å²) < 4.78 is 5.32. The Hall–Kier alpha value is -1.92. The van der Waals surface area contributed by atoms with E-state index in [0.717, 1.165) is 57.0 Å². The summed E-state index contributed by atoms with van der Waals surface area (Å²) in [6.45, 7) is 2.73. The summed E-state index contributed by atoms with van der Waals surface area (Å²) in [5.74, 6) is 1.63. The summed E-state index contributed by atoms with van der Waals surface area (Å²) in [6.07, 6.45) is 6.58. The summed E-state index contributed by atoms with van der Waals surface area (Å²) >= 11 is 0. The second-order valence-electron chi connectivity index (χ2n) is 10.7. The van der Waals surface area contributed by atoms with Crippen LogP contribution in [0.2, 0.25) is 0 Å². The zero-order chi connectivity index (χ0) is 23.1. The van der Waals surface area contributed by atoms with Gasteiger partial charge in [0.25, 0.3) is 0 Å². The van der Waals surface area contributed by atoms with Crippen molar-refractivity contribution in [3.8, 4) is 5.75 Å². The third kappa shape index (κ3) is 4.32. The lowest BCUT2D eigenvalue weighted by molar-refractivity contribution is -0.0956. The average molecular weight is 450 g/mol. The summed E-state index contributed by atoms with van der Waals surface area (Å²) in [4.78, 5) is 7.19. The highest BCUT2D eigenvalue weighted by atomic mass is 16.5. The molecule has 5 heteroatoms. The van der Waals surface area contributed by atoms with Gasteiger partial charge in [-0.2, -0.15) is 0 Å². The number of nitrogens with zero attached hydrogens (tertiary/aromatic N) is 3. The molecule has 3 fully saturated rings. The normalized spacial score (nSPS) is 30.9. The maximum absolute atomic E-state index is 11.5. The Balaban J connectivity index is 1.37. The molecule has 2 aromatic rings. The minimum absolute atomic E-state index is 0.0583. The Morgan fingerprint density at radius 1 is 0.970 bits per heavy atom. The van der Waals surface area contributed by atoms with Crippen molar-refractivity contribution in [3.63, 3.8) is 0 Å². The van der Waals surface area contributed by atoms with Crippen molar-refractivity contribution in [1.29, 1.82) is 0 Å². The molecule has 0 radical (unpaired) electrons. The lowest BCUT2D eigenvalue weighted by Crippen LogP contribution is -2.56. The van der Waals surface area contributed by atoms with Crippen molar-refractivity contribution in [3.05, 3.63) is 65.7 Å². The second-order valence-corrected chi connectivity index (χ2v) is 10.7. The first-order chi connectivity index (χ1) is 16.0. The van der Waals surface area contributed by atoms with Crippen LogP contribution in [-0.4, -0.2) is 66.0 Å². The van der Waals surface area contributed by atoms with Crippen LogP contribution < -0.4 is 4.74 Å². The number of aliphatic hydroxyl groups is 1. The smallest absolute Gasteiger partial charge is 0.166 e. The van der Waals surface area contributed by atoms with Crippen LogP contribution in [-0.2, 0) is 12.1 Å². The van der Waals surface area contributed by atoms with Gasteiger partial charge in [0.1, 0.15) is 5.75 Å². The summed E-state index contributed by atoms with van der Waals surface area (Å²) in [5, 5.41) is 11.5. The van der Waals surface area contributed by atoms with Crippen LogP contribution in [0.5, 0.6) is 5.75 Å². The zero-order valence-electron chi connectivity index (χ0n) is 20.4. The molecule has 33 heavy (non-hydrogen) atoms. The summed E-state index contributed by atoms with van der Waals surface area (Å²) in [7, 11) is 6.16.